The maximum atomic E-state index is 12.7. The van der Waals surface area contributed by atoms with Gasteiger partial charge in [-0.05, 0) is 24.3 Å². The van der Waals surface area contributed by atoms with Gasteiger partial charge in [0.25, 0.3) is 0 Å². The van der Waals surface area contributed by atoms with Crippen molar-refractivity contribution < 1.29 is 4.79 Å². The van der Waals surface area contributed by atoms with Crippen LogP contribution in [0.3, 0.4) is 0 Å². The van der Waals surface area contributed by atoms with Crippen LogP contribution in [0.4, 0.5) is 5.82 Å². The predicted molar refractivity (Wildman–Crippen MR) is 120 cm³/mol. The Morgan fingerprint density at radius 1 is 0.935 bits per heavy atom. The second-order valence-electron chi connectivity index (χ2n) is 7.90. The third-order valence-electron chi connectivity index (χ3n) is 5.78. The zero-order valence-electron chi connectivity index (χ0n) is 17.3. The normalized spacial score (nSPS) is 15.0. The monoisotopic (exact) mass is 415 g/mol. The number of carbonyl (C=O) groups excluding carboxylic acids is 1. The Labute approximate surface area is 180 Å². The molecular formula is C23H25N7O. The summed E-state index contributed by atoms with van der Waals surface area (Å²) in [6.45, 7) is 3.65. The minimum atomic E-state index is 0.173. The van der Waals surface area contributed by atoms with Crippen LogP contribution in [-0.4, -0.2) is 61.8 Å². The highest BCUT2D eigenvalue weighted by Crippen LogP contribution is 2.18. The van der Waals surface area contributed by atoms with E-state index in [9.17, 15) is 4.79 Å². The van der Waals surface area contributed by atoms with Gasteiger partial charge in [-0.2, -0.15) is 0 Å². The number of aromatic nitrogens is 4. The number of nitrogens with one attached hydrogen (secondary N) is 1. The van der Waals surface area contributed by atoms with Gasteiger partial charge in [0.1, 0.15) is 17.5 Å². The number of benzene rings is 2. The molecule has 3 heterocycles. The first-order valence-electron chi connectivity index (χ1n) is 10.6. The van der Waals surface area contributed by atoms with E-state index in [1.165, 1.54) is 0 Å². The quantitative estimate of drug-likeness (QED) is 0.519. The minimum Gasteiger partial charge on any atom is -0.383 e. The number of para-hydroxylation sites is 3. The number of hydrogen-bond donors (Lipinski definition) is 2. The third kappa shape index (κ3) is 4.20. The van der Waals surface area contributed by atoms with E-state index >= 15 is 0 Å². The molecule has 5 rings (SSSR count). The second kappa shape index (κ2) is 8.31. The Morgan fingerprint density at radius 3 is 2.48 bits per heavy atom. The standard InChI is InChI=1S/C23H25N7O/c24-23-16-5-1-2-6-17(16)25-21(28-23)15-29-11-13-30(14-12-29)22(31)10-9-20-26-18-7-3-4-8-19(18)27-20/h1-8H,9-15H2,(H,26,27)(H2,24,25,28). The van der Waals surface area contributed by atoms with Crippen molar-refractivity contribution in [3.63, 3.8) is 0 Å². The van der Waals surface area contributed by atoms with E-state index in [1.54, 1.807) is 0 Å². The Bertz CT molecular complexity index is 1190. The maximum absolute atomic E-state index is 12.7. The number of fused-ring (bicyclic) bond motifs is 2. The fraction of sp³-hybridized carbons (Fsp3) is 0.304. The topological polar surface area (TPSA) is 104 Å². The van der Waals surface area contributed by atoms with Crippen LogP contribution < -0.4 is 5.73 Å². The number of nitrogen functional groups attached to an aromatic ring is 1. The van der Waals surface area contributed by atoms with E-state index in [1.807, 2.05) is 53.4 Å². The molecule has 2 aromatic carbocycles. The van der Waals surface area contributed by atoms with Crippen LogP contribution in [0, 0.1) is 0 Å². The molecule has 1 amide bonds. The van der Waals surface area contributed by atoms with Crippen molar-refractivity contribution in [2.45, 2.75) is 19.4 Å². The lowest BCUT2D eigenvalue weighted by molar-refractivity contribution is -0.133. The van der Waals surface area contributed by atoms with Crippen LogP contribution in [0.25, 0.3) is 21.9 Å². The molecule has 8 nitrogen and oxygen atoms in total. The zero-order chi connectivity index (χ0) is 21.2. The Hall–Kier alpha value is -3.52. The van der Waals surface area contributed by atoms with Gasteiger partial charge in [0.15, 0.2) is 0 Å². The number of imidazole rings is 1. The maximum Gasteiger partial charge on any atom is 0.223 e. The fourth-order valence-corrected chi connectivity index (χ4v) is 4.08. The summed E-state index contributed by atoms with van der Waals surface area (Å²) in [6, 6.07) is 15.7. The van der Waals surface area contributed by atoms with Crippen LogP contribution >= 0.6 is 0 Å². The van der Waals surface area contributed by atoms with Crippen LogP contribution in [0.5, 0.6) is 0 Å². The second-order valence-corrected chi connectivity index (χ2v) is 7.90. The number of nitrogens with two attached hydrogens (primary N) is 1. The number of nitrogens with zero attached hydrogens (tertiary/aromatic N) is 5. The summed E-state index contributed by atoms with van der Waals surface area (Å²) < 4.78 is 0. The number of H-pyrrole nitrogens is 1. The molecule has 1 fully saturated rings. The van der Waals surface area contributed by atoms with Gasteiger partial charge in [0.2, 0.25) is 5.91 Å². The highest BCUT2D eigenvalue weighted by molar-refractivity contribution is 5.87. The average Bonchev–Trinajstić information content (AvgIpc) is 3.21. The summed E-state index contributed by atoms with van der Waals surface area (Å²) in [4.78, 5) is 33.8. The number of piperazine rings is 1. The fourth-order valence-electron chi connectivity index (χ4n) is 4.08. The number of aryl methyl sites for hydroxylation is 1. The molecule has 2 aromatic heterocycles. The number of aromatic amines is 1. The third-order valence-corrected chi connectivity index (χ3v) is 5.78. The van der Waals surface area contributed by atoms with Crippen molar-refractivity contribution in [3.05, 3.63) is 60.2 Å². The van der Waals surface area contributed by atoms with E-state index in [2.05, 4.69) is 24.8 Å². The first kappa shape index (κ1) is 19.4. The summed E-state index contributed by atoms with van der Waals surface area (Å²) in [6.07, 6.45) is 1.09. The first-order chi connectivity index (χ1) is 15.2. The minimum absolute atomic E-state index is 0.173. The van der Waals surface area contributed by atoms with Gasteiger partial charge in [-0.3, -0.25) is 9.69 Å². The van der Waals surface area contributed by atoms with Gasteiger partial charge < -0.3 is 15.6 Å². The van der Waals surface area contributed by atoms with Gasteiger partial charge in [0, 0.05) is 44.4 Å². The molecule has 4 aromatic rings. The summed E-state index contributed by atoms with van der Waals surface area (Å²) in [7, 11) is 0. The molecule has 31 heavy (non-hydrogen) atoms. The van der Waals surface area contributed by atoms with Crippen molar-refractivity contribution in [2.75, 3.05) is 31.9 Å². The largest absolute Gasteiger partial charge is 0.383 e. The predicted octanol–water partition coefficient (Wildman–Crippen LogP) is 2.37. The molecule has 0 aliphatic carbocycles. The molecule has 0 unspecified atom stereocenters. The number of hydrogen-bond acceptors (Lipinski definition) is 6. The zero-order valence-corrected chi connectivity index (χ0v) is 17.3. The Balaban J connectivity index is 1.14. The highest BCUT2D eigenvalue weighted by Gasteiger charge is 2.22. The van der Waals surface area contributed by atoms with Gasteiger partial charge in [0.05, 0.1) is 23.1 Å². The molecule has 0 saturated carbocycles. The molecule has 1 aliphatic rings. The van der Waals surface area contributed by atoms with Gasteiger partial charge in [-0.25, -0.2) is 15.0 Å². The van der Waals surface area contributed by atoms with E-state index < -0.39 is 0 Å². The van der Waals surface area contributed by atoms with Crippen LogP contribution in [-0.2, 0) is 17.8 Å². The SMILES string of the molecule is Nc1nc(CN2CCN(C(=O)CCc3nc4ccccc4[nH]3)CC2)nc2ccccc12. The summed E-state index contributed by atoms with van der Waals surface area (Å²) >= 11 is 0. The summed E-state index contributed by atoms with van der Waals surface area (Å²) in [5.74, 6) is 2.27. The molecular weight excluding hydrogens is 390 g/mol. The molecule has 0 atom stereocenters. The molecule has 158 valence electrons. The van der Waals surface area contributed by atoms with E-state index in [4.69, 9.17) is 5.73 Å². The van der Waals surface area contributed by atoms with Crippen molar-refractivity contribution in [1.29, 1.82) is 0 Å². The molecule has 1 saturated heterocycles. The lowest BCUT2D eigenvalue weighted by Crippen LogP contribution is -2.48. The van der Waals surface area contributed by atoms with Crippen LogP contribution in [0.1, 0.15) is 18.1 Å². The molecule has 1 aliphatic heterocycles. The summed E-state index contributed by atoms with van der Waals surface area (Å²) in [5, 5.41) is 0.881. The first-order valence-corrected chi connectivity index (χ1v) is 10.6. The van der Waals surface area contributed by atoms with Crippen molar-refractivity contribution in [2.24, 2.45) is 0 Å². The number of amides is 1. The number of carbonyl (C=O) groups is 1. The molecule has 0 radical (unpaired) electrons. The van der Waals surface area contributed by atoms with E-state index in [-0.39, 0.29) is 5.91 Å². The smallest absolute Gasteiger partial charge is 0.223 e. The van der Waals surface area contributed by atoms with Crippen LogP contribution in [0.15, 0.2) is 48.5 Å². The number of rotatable bonds is 5. The molecule has 0 spiro atoms. The van der Waals surface area contributed by atoms with Crippen molar-refractivity contribution >= 4 is 33.7 Å². The lowest BCUT2D eigenvalue weighted by Gasteiger charge is -2.34. The molecule has 0 bridgehead atoms. The van der Waals surface area contributed by atoms with Crippen molar-refractivity contribution in [3.8, 4) is 0 Å². The van der Waals surface area contributed by atoms with E-state index in [0.29, 0.717) is 38.3 Å². The Morgan fingerprint density at radius 2 is 1.68 bits per heavy atom. The van der Waals surface area contributed by atoms with Gasteiger partial charge >= 0.3 is 0 Å². The van der Waals surface area contributed by atoms with Crippen molar-refractivity contribution in [1.82, 2.24) is 29.7 Å². The lowest BCUT2D eigenvalue weighted by atomic mass is 10.2. The average molecular weight is 416 g/mol. The number of anilines is 1. The van der Waals surface area contributed by atoms with Gasteiger partial charge in [-0.1, -0.05) is 24.3 Å². The molecule has 3 N–H and O–H groups in total. The Kier molecular flexibility index (Phi) is 5.21. The van der Waals surface area contributed by atoms with E-state index in [0.717, 1.165) is 46.7 Å². The molecule has 8 heteroatoms. The van der Waals surface area contributed by atoms with Crippen LogP contribution in [0.2, 0.25) is 0 Å². The highest BCUT2D eigenvalue weighted by atomic mass is 16.2. The van der Waals surface area contributed by atoms with Gasteiger partial charge in [-0.15, -0.1) is 0 Å². The summed E-state index contributed by atoms with van der Waals surface area (Å²) in [5.41, 5.74) is 8.91.